The molecule has 1 aliphatic rings. The van der Waals surface area contributed by atoms with Crippen molar-refractivity contribution in [3.05, 3.63) is 52.8 Å². The lowest BCUT2D eigenvalue weighted by Gasteiger charge is -2.32. The molecular formula is C20H21BrN6O2. The fourth-order valence-electron chi connectivity index (χ4n) is 3.37. The number of hydrogen-bond donors (Lipinski definition) is 1. The number of carbonyl (C=O) groups is 1. The van der Waals surface area contributed by atoms with Gasteiger partial charge in [-0.25, -0.2) is 0 Å². The third-order valence-corrected chi connectivity index (χ3v) is 5.57. The van der Waals surface area contributed by atoms with Crippen molar-refractivity contribution in [2.45, 2.75) is 6.67 Å². The molecule has 3 aromatic rings. The molecule has 1 saturated heterocycles. The zero-order valence-electron chi connectivity index (χ0n) is 16.0. The molecule has 1 aliphatic heterocycles. The monoisotopic (exact) mass is 456 g/mol. The number of carbonyl (C=O) groups excluding carboxylic acids is 1. The van der Waals surface area contributed by atoms with Crippen molar-refractivity contribution < 1.29 is 9.90 Å². The van der Waals surface area contributed by atoms with Crippen molar-refractivity contribution in [3.63, 3.8) is 0 Å². The van der Waals surface area contributed by atoms with Crippen LogP contribution >= 0.6 is 15.9 Å². The van der Waals surface area contributed by atoms with Crippen LogP contribution < -0.4 is 0 Å². The van der Waals surface area contributed by atoms with Crippen LogP contribution in [0.25, 0.3) is 10.9 Å². The minimum atomic E-state index is -0.484. The van der Waals surface area contributed by atoms with Crippen LogP contribution in [0.4, 0.5) is 5.69 Å². The average molecular weight is 457 g/mol. The molecule has 8 nitrogen and oxygen atoms in total. The summed E-state index contributed by atoms with van der Waals surface area (Å²) in [5, 5.41) is 19.6. The number of nitrogens with zero attached hydrogens (tertiary/aromatic N) is 6. The quantitative estimate of drug-likeness (QED) is 0.605. The molecule has 0 bridgehead atoms. The maximum Gasteiger partial charge on any atom is 0.295 e. The summed E-state index contributed by atoms with van der Waals surface area (Å²) in [6, 6.07) is 8.88. The lowest BCUT2D eigenvalue weighted by atomic mass is 10.2. The van der Waals surface area contributed by atoms with Crippen LogP contribution in [0.3, 0.4) is 0 Å². The number of fused-ring (bicyclic) bond motifs is 1. The first kappa shape index (κ1) is 19.7. The highest BCUT2D eigenvalue weighted by Crippen LogP contribution is 2.40. The zero-order valence-corrected chi connectivity index (χ0v) is 17.6. The van der Waals surface area contributed by atoms with E-state index < -0.39 is 5.91 Å². The van der Waals surface area contributed by atoms with Crippen molar-refractivity contribution >= 4 is 38.4 Å². The molecule has 0 unspecified atom stereocenters. The number of pyridine rings is 1. The highest BCUT2D eigenvalue weighted by molar-refractivity contribution is 9.10. The summed E-state index contributed by atoms with van der Waals surface area (Å²) in [6.07, 6.45) is 3.05. The third-order valence-electron chi connectivity index (χ3n) is 5.08. The summed E-state index contributed by atoms with van der Waals surface area (Å²) in [5.41, 5.74) is 1.53. The number of likely N-dealkylation sites (N-methyl/N-ethyl adjacent to an activating group) is 1. The lowest BCUT2D eigenvalue weighted by molar-refractivity contribution is 0.0995. The predicted octanol–water partition coefficient (Wildman–Crippen LogP) is 3.63. The third kappa shape index (κ3) is 4.21. The van der Waals surface area contributed by atoms with Gasteiger partial charge in [0.15, 0.2) is 5.69 Å². The number of azo groups is 1. The van der Waals surface area contributed by atoms with Gasteiger partial charge in [-0.15, -0.1) is 10.2 Å². The summed E-state index contributed by atoms with van der Waals surface area (Å²) in [5.74, 6) is -0.481. The molecular weight excluding hydrogens is 436 g/mol. The second kappa shape index (κ2) is 8.40. The predicted molar refractivity (Wildman–Crippen MR) is 113 cm³/mol. The Hall–Kier alpha value is -2.62. The van der Waals surface area contributed by atoms with Crippen LogP contribution in [0.15, 0.2) is 57.4 Å². The highest BCUT2D eigenvalue weighted by atomic mass is 79.9. The first-order valence-corrected chi connectivity index (χ1v) is 10.1. The summed E-state index contributed by atoms with van der Waals surface area (Å²) < 4.78 is 2.68. The number of piperazine rings is 1. The van der Waals surface area contributed by atoms with Gasteiger partial charge in [0.05, 0.1) is 12.2 Å². The van der Waals surface area contributed by atoms with Crippen LogP contribution in [0.5, 0.6) is 5.88 Å². The number of hydrogen-bond acceptors (Lipinski definition) is 6. The summed E-state index contributed by atoms with van der Waals surface area (Å²) >= 11 is 3.47. The summed E-state index contributed by atoms with van der Waals surface area (Å²) in [6.45, 7) is 4.36. The Balaban J connectivity index is 1.68. The van der Waals surface area contributed by atoms with E-state index in [4.69, 9.17) is 0 Å². The Morgan fingerprint density at radius 2 is 1.90 bits per heavy atom. The Labute approximate surface area is 176 Å². The van der Waals surface area contributed by atoms with Gasteiger partial charge in [0.2, 0.25) is 5.88 Å². The van der Waals surface area contributed by atoms with Gasteiger partial charge in [0.1, 0.15) is 0 Å². The maximum absolute atomic E-state index is 12.3. The van der Waals surface area contributed by atoms with Crippen molar-refractivity contribution in [1.29, 1.82) is 0 Å². The van der Waals surface area contributed by atoms with Crippen molar-refractivity contribution in [2.24, 2.45) is 10.2 Å². The minimum Gasteiger partial charge on any atom is -0.493 e. The second-order valence-corrected chi connectivity index (χ2v) is 7.98. The molecule has 1 aromatic carbocycles. The molecule has 2 aromatic heterocycles. The summed E-state index contributed by atoms with van der Waals surface area (Å²) in [4.78, 5) is 20.7. The number of halogens is 1. The van der Waals surface area contributed by atoms with E-state index in [1.807, 2.05) is 22.8 Å². The molecule has 0 radical (unpaired) electrons. The molecule has 1 amide bonds. The first-order chi connectivity index (χ1) is 14.0. The molecule has 0 spiro atoms. The van der Waals surface area contributed by atoms with Gasteiger partial charge in [0, 0.05) is 54.0 Å². The van der Waals surface area contributed by atoms with Crippen LogP contribution in [0.1, 0.15) is 10.4 Å². The summed E-state index contributed by atoms with van der Waals surface area (Å²) in [7, 11) is 2.11. The van der Waals surface area contributed by atoms with Crippen molar-refractivity contribution in [2.75, 3.05) is 33.2 Å². The zero-order chi connectivity index (χ0) is 20.4. The SMILES string of the molecule is CN1CCN(Cn2c(O)c(N=NC(=O)c3ccncc3)c3cc(Br)ccc32)CC1. The van der Waals surface area contributed by atoms with E-state index in [9.17, 15) is 9.90 Å². The molecule has 0 atom stereocenters. The van der Waals surface area contributed by atoms with Gasteiger partial charge in [0.25, 0.3) is 5.91 Å². The molecule has 4 rings (SSSR count). The van der Waals surface area contributed by atoms with Crippen molar-refractivity contribution in [1.82, 2.24) is 19.4 Å². The van der Waals surface area contributed by atoms with E-state index in [-0.39, 0.29) is 11.6 Å². The van der Waals surface area contributed by atoms with E-state index in [0.717, 1.165) is 41.6 Å². The molecule has 1 N–H and O–H groups in total. The van der Waals surface area contributed by atoms with E-state index in [0.29, 0.717) is 12.2 Å². The normalized spacial score (nSPS) is 16.1. The molecule has 3 heterocycles. The number of aromatic hydroxyl groups is 1. The largest absolute Gasteiger partial charge is 0.493 e. The first-order valence-electron chi connectivity index (χ1n) is 9.30. The van der Waals surface area contributed by atoms with Crippen LogP contribution in [-0.2, 0) is 6.67 Å². The fourth-order valence-corrected chi connectivity index (χ4v) is 3.74. The maximum atomic E-state index is 12.3. The molecule has 9 heteroatoms. The Bertz CT molecular complexity index is 1060. The highest BCUT2D eigenvalue weighted by Gasteiger charge is 2.21. The van der Waals surface area contributed by atoms with Crippen LogP contribution in [0, 0.1) is 0 Å². The number of amides is 1. The number of benzene rings is 1. The minimum absolute atomic E-state index is 0.00306. The van der Waals surface area contributed by atoms with Gasteiger partial charge in [-0.2, -0.15) is 0 Å². The van der Waals surface area contributed by atoms with Crippen LogP contribution in [0.2, 0.25) is 0 Å². The Morgan fingerprint density at radius 1 is 1.17 bits per heavy atom. The van der Waals surface area contributed by atoms with Crippen molar-refractivity contribution in [3.8, 4) is 5.88 Å². The van der Waals surface area contributed by atoms with E-state index >= 15 is 0 Å². The Morgan fingerprint density at radius 3 is 2.62 bits per heavy atom. The molecule has 150 valence electrons. The number of aromatic nitrogens is 2. The smallest absolute Gasteiger partial charge is 0.295 e. The van der Waals surface area contributed by atoms with Crippen LogP contribution in [-0.4, -0.2) is 63.6 Å². The van der Waals surface area contributed by atoms with Gasteiger partial charge < -0.3 is 10.0 Å². The molecule has 29 heavy (non-hydrogen) atoms. The number of rotatable bonds is 4. The fraction of sp³-hybridized carbons (Fsp3) is 0.300. The van der Waals surface area contributed by atoms with E-state index in [1.165, 1.54) is 12.4 Å². The topological polar surface area (TPSA) is 86.3 Å². The second-order valence-electron chi connectivity index (χ2n) is 7.07. The van der Waals surface area contributed by atoms with Gasteiger partial charge in [-0.05, 0) is 37.4 Å². The molecule has 1 fully saturated rings. The lowest BCUT2D eigenvalue weighted by Crippen LogP contribution is -2.44. The van der Waals surface area contributed by atoms with Gasteiger partial charge in [-0.3, -0.25) is 19.2 Å². The molecule has 0 aliphatic carbocycles. The Kier molecular flexibility index (Phi) is 5.70. The van der Waals surface area contributed by atoms with Gasteiger partial charge >= 0.3 is 0 Å². The average Bonchev–Trinajstić information content (AvgIpc) is 2.99. The van der Waals surface area contributed by atoms with E-state index in [2.05, 4.69) is 48.0 Å². The van der Waals surface area contributed by atoms with E-state index in [1.54, 1.807) is 12.1 Å². The van der Waals surface area contributed by atoms with Gasteiger partial charge in [-0.1, -0.05) is 15.9 Å². The molecule has 0 saturated carbocycles. The standard InChI is InChI=1S/C20H21BrN6O2/c1-25-8-10-26(11-9-25)13-27-17-3-2-15(21)12-16(17)18(20(27)29)23-24-19(28)14-4-6-22-7-5-14/h2-7,12,29H,8-11,13H2,1H3.